The van der Waals surface area contributed by atoms with E-state index in [1.54, 1.807) is 11.8 Å². The summed E-state index contributed by atoms with van der Waals surface area (Å²) in [6, 6.07) is -1.11. The first kappa shape index (κ1) is 17.4. The number of rotatable bonds is 2. The molecule has 2 heterocycles. The second-order valence-corrected chi connectivity index (χ2v) is 6.96. The third-order valence-corrected chi connectivity index (χ3v) is 5.32. The van der Waals surface area contributed by atoms with Crippen molar-refractivity contribution in [1.29, 1.82) is 0 Å². The quantitative estimate of drug-likeness (QED) is 0.762. The highest BCUT2D eigenvalue weighted by molar-refractivity contribution is 5.85. The average molecular weight is 351 g/mol. The van der Waals surface area contributed by atoms with Crippen LogP contribution in [0.15, 0.2) is 0 Å². The summed E-state index contributed by atoms with van der Waals surface area (Å²) in [7, 11) is 0. The van der Waals surface area contributed by atoms with E-state index in [1.165, 1.54) is 0 Å². The van der Waals surface area contributed by atoms with Crippen molar-refractivity contribution in [2.24, 2.45) is 0 Å². The first-order valence-corrected chi connectivity index (χ1v) is 8.24. The van der Waals surface area contributed by atoms with Crippen molar-refractivity contribution in [3.63, 3.8) is 0 Å². The molecule has 136 valence electrons. The molecule has 1 spiro atoms. The Labute approximate surface area is 137 Å². The molecule has 2 aliphatic heterocycles. The smallest absolute Gasteiger partial charge is 0.334 e. The van der Waals surface area contributed by atoms with Gasteiger partial charge in [-0.05, 0) is 19.3 Å². The van der Waals surface area contributed by atoms with Gasteiger partial charge in [-0.2, -0.15) is 13.2 Å². The zero-order valence-electron chi connectivity index (χ0n) is 13.4. The molecule has 0 unspecified atom stereocenters. The van der Waals surface area contributed by atoms with Gasteiger partial charge in [-0.1, -0.05) is 6.92 Å². The first-order chi connectivity index (χ1) is 11.2. The van der Waals surface area contributed by atoms with Crippen LogP contribution in [0.2, 0.25) is 0 Å². The molecule has 0 aromatic carbocycles. The summed E-state index contributed by atoms with van der Waals surface area (Å²) in [5, 5.41) is 2.83. The molecular weight excluding hydrogens is 330 g/mol. The number of nitrogens with one attached hydrogen (secondary N) is 1. The average Bonchev–Trinajstić information content (AvgIpc) is 3.15. The Morgan fingerprint density at radius 2 is 1.96 bits per heavy atom. The Balaban J connectivity index is 1.78. The molecule has 5 nitrogen and oxygen atoms in total. The lowest BCUT2D eigenvalue weighted by molar-refractivity contribution is -0.193. The van der Waals surface area contributed by atoms with Gasteiger partial charge in [0.15, 0.2) is 0 Å². The molecule has 3 atom stereocenters. The Morgan fingerprint density at radius 3 is 2.42 bits per heavy atom. The molecule has 3 aliphatic rings. The van der Waals surface area contributed by atoms with Crippen LogP contribution in [0.4, 0.5) is 17.6 Å². The number of hydrogen-bond donors (Lipinski definition) is 1. The summed E-state index contributed by atoms with van der Waals surface area (Å²) in [6.45, 7) is 1.87. The highest BCUT2D eigenvalue weighted by Crippen LogP contribution is 2.47. The van der Waals surface area contributed by atoms with Gasteiger partial charge in [0.25, 0.3) is 0 Å². The van der Waals surface area contributed by atoms with Crippen LogP contribution in [-0.4, -0.2) is 71.2 Å². The van der Waals surface area contributed by atoms with Crippen LogP contribution >= 0.6 is 0 Å². The van der Waals surface area contributed by atoms with Crippen LogP contribution in [0, 0.1) is 0 Å². The van der Waals surface area contributed by atoms with Crippen molar-refractivity contribution in [3.8, 4) is 0 Å². The van der Waals surface area contributed by atoms with Crippen molar-refractivity contribution in [3.05, 3.63) is 0 Å². The van der Waals surface area contributed by atoms with Gasteiger partial charge in [0.2, 0.25) is 5.91 Å². The summed E-state index contributed by atoms with van der Waals surface area (Å²) < 4.78 is 51.9. The molecule has 9 heteroatoms. The minimum atomic E-state index is -4.91. The number of nitrogens with zero attached hydrogens (tertiary/aromatic N) is 2. The molecule has 0 aromatic heterocycles. The maximum absolute atomic E-state index is 13.3. The van der Waals surface area contributed by atoms with Crippen LogP contribution in [0.5, 0.6) is 0 Å². The fourth-order valence-electron chi connectivity index (χ4n) is 3.75. The zero-order chi connectivity index (χ0) is 17.7. The molecule has 0 radical (unpaired) electrons. The summed E-state index contributed by atoms with van der Waals surface area (Å²) in [5.41, 5.74) is -0.901. The lowest BCUT2D eigenvalue weighted by Crippen LogP contribution is -2.65. The van der Waals surface area contributed by atoms with E-state index in [1.807, 2.05) is 0 Å². The number of piperazine rings is 1. The van der Waals surface area contributed by atoms with Gasteiger partial charge in [-0.15, -0.1) is 0 Å². The molecule has 1 aliphatic carbocycles. The summed E-state index contributed by atoms with van der Waals surface area (Å²) >= 11 is 0. The van der Waals surface area contributed by atoms with E-state index < -0.39 is 35.9 Å². The van der Waals surface area contributed by atoms with Crippen molar-refractivity contribution in [2.75, 3.05) is 19.6 Å². The van der Waals surface area contributed by atoms with Gasteiger partial charge in [-0.3, -0.25) is 9.59 Å². The third kappa shape index (κ3) is 2.98. The largest absolute Gasteiger partial charge is 0.471 e. The minimum Gasteiger partial charge on any atom is -0.334 e. The predicted molar refractivity (Wildman–Crippen MR) is 76.8 cm³/mol. The Morgan fingerprint density at radius 1 is 1.29 bits per heavy atom. The van der Waals surface area contributed by atoms with Crippen molar-refractivity contribution in [1.82, 2.24) is 15.1 Å². The lowest BCUT2D eigenvalue weighted by atomic mass is 10.0. The van der Waals surface area contributed by atoms with Crippen LogP contribution in [0.25, 0.3) is 0 Å². The standard InChI is InChI=1S/C15H21F4N3O2/c1-2-10-7-22(13(24)15(17,18)19)14(3-4-14)8-21(10)12(23)11-5-9(16)6-20-11/h9-11,20H,2-8H2,1H3/t9-,10-,11-/m1/s1. The molecule has 3 fully saturated rings. The van der Waals surface area contributed by atoms with Crippen LogP contribution < -0.4 is 5.32 Å². The number of carbonyl (C=O) groups is 2. The second-order valence-electron chi connectivity index (χ2n) is 6.96. The van der Waals surface area contributed by atoms with Gasteiger partial charge < -0.3 is 15.1 Å². The van der Waals surface area contributed by atoms with E-state index in [9.17, 15) is 27.2 Å². The van der Waals surface area contributed by atoms with Gasteiger partial charge in [0.05, 0.1) is 11.6 Å². The SMILES string of the molecule is CC[C@@H]1CN(C(=O)C(F)(F)F)C2(CC2)CN1C(=O)[C@H]1C[C@@H](F)CN1. The highest BCUT2D eigenvalue weighted by atomic mass is 19.4. The minimum absolute atomic E-state index is 0.0873. The van der Waals surface area contributed by atoms with E-state index in [0.717, 1.165) is 4.90 Å². The summed E-state index contributed by atoms with van der Waals surface area (Å²) in [6.07, 6.45) is -4.55. The molecule has 0 aromatic rings. The molecule has 1 saturated carbocycles. The zero-order valence-corrected chi connectivity index (χ0v) is 13.4. The number of halogens is 4. The Bertz CT molecular complexity index is 535. The number of alkyl halides is 4. The molecule has 1 N–H and O–H groups in total. The maximum Gasteiger partial charge on any atom is 0.471 e. The molecule has 2 saturated heterocycles. The second kappa shape index (κ2) is 5.86. The van der Waals surface area contributed by atoms with Crippen molar-refractivity contribution >= 4 is 11.8 Å². The molecule has 2 amide bonds. The Kier molecular flexibility index (Phi) is 4.26. The van der Waals surface area contributed by atoms with Crippen LogP contribution in [-0.2, 0) is 9.59 Å². The number of hydrogen-bond acceptors (Lipinski definition) is 3. The van der Waals surface area contributed by atoms with Crippen molar-refractivity contribution < 1.29 is 27.2 Å². The molecule has 3 rings (SSSR count). The first-order valence-electron chi connectivity index (χ1n) is 8.24. The lowest BCUT2D eigenvalue weighted by Gasteiger charge is -2.47. The van der Waals surface area contributed by atoms with E-state index in [2.05, 4.69) is 5.32 Å². The van der Waals surface area contributed by atoms with Crippen molar-refractivity contribution in [2.45, 2.75) is 62.6 Å². The Hall–Kier alpha value is -1.38. The van der Waals surface area contributed by atoms with Crippen LogP contribution in [0.3, 0.4) is 0 Å². The third-order valence-electron chi connectivity index (χ3n) is 5.32. The molecule has 24 heavy (non-hydrogen) atoms. The normalized spacial score (nSPS) is 32.3. The summed E-state index contributed by atoms with van der Waals surface area (Å²) in [4.78, 5) is 26.9. The van der Waals surface area contributed by atoms with Gasteiger partial charge in [0, 0.05) is 32.1 Å². The van der Waals surface area contributed by atoms with Gasteiger partial charge in [-0.25, -0.2) is 4.39 Å². The van der Waals surface area contributed by atoms with Gasteiger partial charge >= 0.3 is 12.1 Å². The van der Waals surface area contributed by atoms with Crippen LogP contribution in [0.1, 0.15) is 32.6 Å². The van der Waals surface area contributed by atoms with E-state index in [4.69, 9.17) is 0 Å². The maximum atomic E-state index is 13.3. The molecule has 0 bridgehead atoms. The summed E-state index contributed by atoms with van der Waals surface area (Å²) in [5.74, 6) is -2.10. The number of amides is 2. The topological polar surface area (TPSA) is 52.7 Å². The van der Waals surface area contributed by atoms with E-state index in [-0.39, 0.29) is 32.0 Å². The van der Waals surface area contributed by atoms with Gasteiger partial charge in [0.1, 0.15) is 6.17 Å². The monoisotopic (exact) mass is 351 g/mol. The highest BCUT2D eigenvalue weighted by Gasteiger charge is 2.60. The molecular formula is C15H21F4N3O2. The fraction of sp³-hybridized carbons (Fsp3) is 0.867. The predicted octanol–water partition coefficient (Wildman–Crippen LogP) is 1.23. The van der Waals surface area contributed by atoms with E-state index in [0.29, 0.717) is 19.3 Å². The fourth-order valence-corrected chi connectivity index (χ4v) is 3.75. The number of carbonyl (C=O) groups excluding carboxylic acids is 2. The van der Waals surface area contributed by atoms with E-state index >= 15 is 0 Å².